The molecular formula is C17H16NO2PS2. The number of aryl methyl sites for hydroxylation is 1. The molecule has 0 fully saturated rings. The lowest BCUT2D eigenvalue weighted by Gasteiger charge is -2.05. The van der Waals surface area contributed by atoms with Crippen molar-refractivity contribution in [1.82, 2.24) is 4.98 Å². The molecule has 0 N–H and O–H groups in total. The van der Waals surface area contributed by atoms with Crippen LogP contribution in [0.1, 0.15) is 5.01 Å². The molecule has 1 aromatic heterocycles. The summed E-state index contributed by atoms with van der Waals surface area (Å²) in [5, 5.41) is 2.12. The Morgan fingerprint density at radius 3 is 2.09 bits per heavy atom. The maximum atomic E-state index is 11.6. The SMILES string of the molecule is Cc1nc(-c2ccc(S(C)(=O)=O)cc2)c(-c2ccc(P)cc2)s1. The lowest BCUT2D eigenvalue weighted by Crippen LogP contribution is -1.96. The van der Waals surface area contributed by atoms with E-state index in [1.807, 2.05) is 31.2 Å². The van der Waals surface area contributed by atoms with Crippen LogP contribution in [0.25, 0.3) is 21.7 Å². The van der Waals surface area contributed by atoms with E-state index >= 15 is 0 Å². The molecule has 0 aliphatic heterocycles. The molecule has 6 heteroatoms. The van der Waals surface area contributed by atoms with E-state index in [1.165, 1.54) is 6.26 Å². The number of rotatable bonds is 3. The minimum absolute atomic E-state index is 0.321. The molecule has 0 aliphatic carbocycles. The molecule has 0 radical (unpaired) electrons. The van der Waals surface area contributed by atoms with Crippen LogP contribution in [0.2, 0.25) is 0 Å². The Labute approximate surface area is 142 Å². The second-order valence-corrected chi connectivity index (χ2v) is 9.21. The first-order valence-corrected chi connectivity index (χ1v) is 10.3. The van der Waals surface area contributed by atoms with Gasteiger partial charge in [-0.05, 0) is 29.9 Å². The van der Waals surface area contributed by atoms with Gasteiger partial charge in [-0.1, -0.05) is 36.4 Å². The predicted molar refractivity (Wildman–Crippen MR) is 100 cm³/mol. The Morgan fingerprint density at radius 1 is 0.957 bits per heavy atom. The van der Waals surface area contributed by atoms with Crippen LogP contribution in [-0.4, -0.2) is 19.7 Å². The van der Waals surface area contributed by atoms with Crippen molar-refractivity contribution in [2.45, 2.75) is 11.8 Å². The summed E-state index contributed by atoms with van der Waals surface area (Å²) in [6.07, 6.45) is 1.21. The number of nitrogens with zero attached hydrogens (tertiary/aromatic N) is 1. The minimum Gasteiger partial charge on any atom is -0.241 e. The second-order valence-electron chi connectivity index (χ2n) is 5.33. The number of hydrogen-bond donors (Lipinski definition) is 0. The molecule has 1 unspecified atom stereocenters. The Hall–Kier alpha value is -1.55. The summed E-state index contributed by atoms with van der Waals surface area (Å²) in [4.78, 5) is 6.05. The van der Waals surface area contributed by atoms with Crippen LogP contribution in [0.15, 0.2) is 53.4 Å². The molecule has 3 aromatic rings. The molecule has 0 saturated carbocycles. The lowest BCUT2D eigenvalue weighted by atomic mass is 10.1. The normalized spacial score (nSPS) is 11.6. The van der Waals surface area contributed by atoms with E-state index in [1.54, 1.807) is 23.5 Å². The molecule has 3 nitrogen and oxygen atoms in total. The highest BCUT2D eigenvalue weighted by atomic mass is 32.2. The third kappa shape index (κ3) is 3.52. The van der Waals surface area contributed by atoms with Crippen LogP contribution in [-0.2, 0) is 9.84 Å². The maximum Gasteiger partial charge on any atom is 0.175 e. The van der Waals surface area contributed by atoms with Crippen molar-refractivity contribution in [1.29, 1.82) is 0 Å². The van der Waals surface area contributed by atoms with Crippen LogP contribution in [0.3, 0.4) is 0 Å². The lowest BCUT2D eigenvalue weighted by molar-refractivity contribution is 0.602. The summed E-state index contributed by atoms with van der Waals surface area (Å²) in [7, 11) is -0.507. The summed E-state index contributed by atoms with van der Waals surface area (Å²) in [5.41, 5.74) is 2.93. The smallest absolute Gasteiger partial charge is 0.175 e. The van der Waals surface area contributed by atoms with Gasteiger partial charge in [-0.3, -0.25) is 0 Å². The fourth-order valence-electron chi connectivity index (χ4n) is 2.31. The number of sulfone groups is 1. The topological polar surface area (TPSA) is 47.0 Å². The van der Waals surface area contributed by atoms with Crippen molar-refractivity contribution in [2.24, 2.45) is 0 Å². The first-order valence-electron chi connectivity index (χ1n) is 6.98. The zero-order valence-electron chi connectivity index (χ0n) is 12.8. The molecule has 23 heavy (non-hydrogen) atoms. The maximum absolute atomic E-state index is 11.6. The molecule has 0 bridgehead atoms. The largest absolute Gasteiger partial charge is 0.241 e. The molecule has 1 atom stereocenters. The Bertz CT molecular complexity index is 943. The Balaban J connectivity index is 2.09. The minimum atomic E-state index is -3.18. The number of thiazole rings is 1. The zero-order valence-corrected chi connectivity index (χ0v) is 15.6. The molecule has 0 spiro atoms. The van der Waals surface area contributed by atoms with E-state index < -0.39 is 9.84 Å². The summed E-state index contributed by atoms with van der Waals surface area (Å²) in [6.45, 7) is 1.98. The number of benzene rings is 2. The van der Waals surface area contributed by atoms with Gasteiger partial charge < -0.3 is 0 Å². The van der Waals surface area contributed by atoms with Crippen LogP contribution in [0.5, 0.6) is 0 Å². The van der Waals surface area contributed by atoms with Crippen molar-refractivity contribution in [3.63, 3.8) is 0 Å². The highest BCUT2D eigenvalue weighted by molar-refractivity contribution is 7.90. The van der Waals surface area contributed by atoms with E-state index in [0.717, 1.165) is 32.0 Å². The Morgan fingerprint density at radius 2 is 1.52 bits per heavy atom. The van der Waals surface area contributed by atoms with Crippen LogP contribution >= 0.6 is 20.6 Å². The molecule has 1 heterocycles. The van der Waals surface area contributed by atoms with Gasteiger partial charge in [0.1, 0.15) is 0 Å². The molecule has 0 saturated heterocycles. The van der Waals surface area contributed by atoms with Gasteiger partial charge in [0.15, 0.2) is 9.84 Å². The fourth-order valence-corrected chi connectivity index (χ4v) is 4.08. The monoisotopic (exact) mass is 361 g/mol. The van der Waals surface area contributed by atoms with Crippen molar-refractivity contribution in [3.05, 3.63) is 53.5 Å². The Kier molecular flexibility index (Phi) is 4.37. The van der Waals surface area contributed by atoms with Crippen molar-refractivity contribution >= 4 is 35.7 Å². The van der Waals surface area contributed by atoms with Gasteiger partial charge in [0, 0.05) is 11.8 Å². The quantitative estimate of drug-likeness (QED) is 0.669. The first kappa shape index (κ1) is 16.3. The molecular weight excluding hydrogens is 345 g/mol. The summed E-state index contributed by atoms with van der Waals surface area (Å²) in [6, 6.07) is 15.1. The van der Waals surface area contributed by atoms with Crippen molar-refractivity contribution in [3.8, 4) is 21.7 Å². The van der Waals surface area contributed by atoms with Gasteiger partial charge in [0.05, 0.1) is 20.5 Å². The van der Waals surface area contributed by atoms with Gasteiger partial charge in [0.2, 0.25) is 0 Å². The average Bonchev–Trinajstić information content (AvgIpc) is 2.89. The molecule has 3 rings (SSSR count). The molecule has 0 amide bonds. The standard InChI is InChI=1S/C17H16NO2PS2/c1-11-18-16(12-5-9-15(10-6-12)23(2,19)20)17(22-11)13-3-7-14(21)8-4-13/h3-10H,21H2,1-2H3. The molecule has 2 aromatic carbocycles. The highest BCUT2D eigenvalue weighted by Gasteiger charge is 2.14. The van der Waals surface area contributed by atoms with E-state index in [9.17, 15) is 8.42 Å². The zero-order chi connectivity index (χ0) is 16.6. The van der Waals surface area contributed by atoms with Crippen molar-refractivity contribution in [2.75, 3.05) is 6.26 Å². The molecule has 118 valence electrons. The highest BCUT2D eigenvalue weighted by Crippen LogP contribution is 2.36. The summed E-state index contributed by atoms with van der Waals surface area (Å²) >= 11 is 1.64. The van der Waals surface area contributed by atoms with Gasteiger partial charge in [-0.25, -0.2) is 13.4 Å². The van der Waals surface area contributed by atoms with Gasteiger partial charge in [0.25, 0.3) is 0 Å². The van der Waals surface area contributed by atoms with Crippen molar-refractivity contribution < 1.29 is 8.42 Å². The first-order chi connectivity index (χ1) is 10.8. The van der Waals surface area contributed by atoms with Gasteiger partial charge in [-0.2, -0.15) is 0 Å². The fraction of sp³-hybridized carbons (Fsp3) is 0.118. The number of hydrogen-bond acceptors (Lipinski definition) is 4. The average molecular weight is 361 g/mol. The second kappa shape index (κ2) is 6.16. The van der Waals surface area contributed by atoms with Gasteiger partial charge in [-0.15, -0.1) is 20.6 Å². The van der Waals surface area contributed by atoms with E-state index in [-0.39, 0.29) is 0 Å². The van der Waals surface area contributed by atoms with Crippen LogP contribution < -0.4 is 5.30 Å². The van der Waals surface area contributed by atoms with Gasteiger partial charge >= 0.3 is 0 Å². The summed E-state index contributed by atoms with van der Waals surface area (Å²) in [5.74, 6) is 0. The van der Waals surface area contributed by atoms with E-state index in [4.69, 9.17) is 0 Å². The van der Waals surface area contributed by atoms with Crippen LogP contribution in [0.4, 0.5) is 0 Å². The van der Waals surface area contributed by atoms with E-state index in [2.05, 4.69) is 26.4 Å². The number of aromatic nitrogens is 1. The predicted octanol–water partition coefficient (Wildman–Crippen LogP) is 3.69. The summed E-state index contributed by atoms with van der Waals surface area (Å²) < 4.78 is 23.2. The van der Waals surface area contributed by atoms with Crippen LogP contribution in [0, 0.1) is 6.92 Å². The third-order valence-corrected chi connectivity index (χ3v) is 6.00. The third-order valence-electron chi connectivity index (χ3n) is 3.46. The van der Waals surface area contributed by atoms with E-state index in [0.29, 0.717) is 4.90 Å². The molecule has 0 aliphatic rings.